The molecule has 0 bridgehead atoms. The number of hydrogen-bond acceptors (Lipinski definition) is 5. The third-order valence-corrected chi connectivity index (χ3v) is 5.08. The first-order valence-corrected chi connectivity index (χ1v) is 10.4. The van der Waals surface area contributed by atoms with Crippen molar-refractivity contribution in [1.82, 2.24) is 5.43 Å². The Bertz CT molecular complexity index is 1090. The van der Waals surface area contributed by atoms with E-state index in [1.807, 2.05) is 62.4 Å². The smallest absolute Gasteiger partial charge is 0.277 e. The summed E-state index contributed by atoms with van der Waals surface area (Å²) < 4.78 is 17.0. The SMILES string of the molecule is COc1cccc(/C=N\NC(=O)COc2c(C)cccc2C)c1OCc1ccccc1Cl. The van der Waals surface area contributed by atoms with Gasteiger partial charge in [-0.05, 0) is 43.2 Å². The van der Waals surface area contributed by atoms with E-state index in [9.17, 15) is 4.79 Å². The van der Waals surface area contributed by atoms with Gasteiger partial charge in [-0.3, -0.25) is 4.79 Å². The van der Waals surface area contributed by atoms with Crippen LogP contribution in [0.3, 0.4) is 0 Å². The fourth-order valence-corrected chi connectivity index (χ4v) is 3.28. The van der Waals surface area contributed by atoms with E-state index >= 15 is 0 Å². The van der Waals surface area contributed by atoms with Crippen molar-refractivity contribution in [3.8, 4) is 17.2 Å². The molecule has 0 unspecified atom stereocenters. The summed E-state index contributed by atoms with van der Waals surface area (Å²) in [5.74, 6) is 1.38. The van der Waals surface area contributed by atoms with Crippen molar-refractivity contribution >= 4 is 23.7 Å². The zero-order valence-corrected chi connectivity index (χ0v) is 19.0. The largest absolute Gasteiger partial charge is 0.493 e. The van der Waals surface area contributed by atoms with Crippen LogP contribution in [0.2, 0.25) is 5.02 Å². The summed E-state index contributed by atoms with van der Waals surface area (Å²) in [6, 6.07) is 18.7. The highest BCUT2D eigenvalue weighted by molar-refractivity contribution is 6.31. The molecule has 0 aliphatic heterocycles. The molecule has 0 spiro atoms. The maximum atomic E-state index is 12.2. The number of hydrogen-bond donors (Lipinski definition) is 1. The van der Waals surface area contributed by atoms with Crippen LogP contribution in [0.5, 0.6) is 17.2 Å². The van der Waals surface area contributed by atoms with Gasteiger partial charge in [0.2, 0.25) is 0 Å². The van der Waals surface area contributed by atoms with Gasteiger partial charge in [-0.2, -0.15) is 5.10 Å². The lowest BCUT2D eigenvalue weighted by molar-refractivity contribution is -0.123. The van der Waals surface area contributed by atoms with E-state index in [4.69, 9.17) is 25.8 Å². The normalized spacial score (nSPS) is 10.8. The highest BCUT2D eigenvalue weighted by Gasteiger charge is 2.11. The third kappa shape index (κ3) is 6.02. The molecule has 0 aliphatic carbocycles. The molecule has 0 heterocycles. The number of aryl methyl sites for hydroxylation is 2. The molecule has 3 aromatic carbocycles. The third-order valence-electron chi connectivity index (χ3n) is 4.71. The Kier molecular flexibility index (Phi) is 8.11. The Hall–Kier alpha value is -3.51. The predicted molar refractivity (Wildman–Crippen MR) is 126 cm³/mol. The summed E-state index contributed by atoms with van der Waals surface area (Å²) in [4.78, 5) is 12.2. The van der Waals surface area contributed by atoms with Crippen LogP contribution in [0.25, 0.3) is 0 Å². The predicted octanol–water partition coefficient (Wildman–Crippen LogP) is 5.07. The van der Waals surface area contributed by atoms with Gasteiger partial charge >= 0.3 is 0 Å². The van der Waals surface area contributed by atoms with Gasteiger partial charge in [0.1, 0.15) is 12.4 Å². The van der Waals surface area contributed by atoms with Crippen molar-refractivity contribution in [2.45, 2.75) is 20.5 Å². The highest BCUT2D eigenvalue weighted by atomic mass is 35.5. The Morgan fingerprint density at radius 1 is 0.969 bits per heavy atom. The Labute approximate surface area is 192 Å². The fourth-order valence-electron chi connectivity index (χ4n) is 3.09. The van der Waals surface area contributed by atoms with Gasteiger partial charge in [-0.25, -0.2) is 5.43 Å². The van der Waals surface area contributed by atoms with Crippen molar-refractivity contribution in [3.63, 3.8) is 0 Å². The Balaban J connectivity index is 1.64. The number of amides is 1. The van der Waals surface area contributed by atoms with E-state index in [-0.39, 0.29) is 19.1 Å². The molecule has 0 atom stereocenters. The molecule has 0 aromatic heterocycles. The molecule has 3 aromatic rings. The minimum absolute atomic E-state index is 0.142. The van der Waals surface area contributed by atoms with E-state index < -0.39 is 0 Å². The second-order valence-corrected chi connectivity index (χ2v) is 7.47. The Morgan fingerprint density at radius 3 is 2.41 bits per heavy atom. The average Bonchev–Trinajstić information content (AvgIpc) is 2.78. The van der Waals surface area contributed by atoms with Gasteiger partial charge in [0.15, 0.2) is 18.1 Å². The molecule has 0 fully saturated rings. The minimum atomic E-state index is -0.370. The van der Waals surface area contributed by atoms with Crippen molar-refractivity contribution in [3.05, 3.63) is 87.9 Å². The van der Waals surface area contributed by atoms with E-state index in [2.05, 4.69) is 10.5 Å². The van der Waals surface area contributed by atoms with Crippen LogP contribution in [0.1, 0.15) is 22.3 Å². The molecule has 3 rings (SSSR count). The highest BCUT2D eigenvalue weighted by Crippen LogP contribution is 2.31. The molecule has 0 saturated carbocycles. The molecule has 0 radical (unpaired) electrons. The van der Waals surface area contributed by atoms with Crippen LogP contribution >= 0.6 is 11.6 Å². The molecule has 32 heavy (non-hydrogen) atoms. The van der Waals surface area contributed by atoms with E-state index in [1.165, 1.54) is 6.21 Å². The molecule has 1 N–H and O–H groups in total. The van der Waals surface area contributed by atoms with Crippen molar-refractivity contribution in [2.75, 3.05) is 13.7 Å². The van der Waals surface area contributed by atoms with Crippen LogP contribution in [-0.4, -0.2) is 25.8 Å². The molecule has 6 nitrogen and oxygen atoms in total. The number of benzene rings is 3. The number of carbonyl (C=O) groups is 1. The lowest BCUT2D eigenvalue weighted by Gasteiger charge is -2.14. The second kappa shape index (κ2) is 11.2. The maximum Gasteiger partial charge on any atom is 0.277 e. The summed E-state index contributed by atoms with van der Waals surface area (Å²) in [5.41, 5.74) is 5.91. The van der Waals surface area contributed by atoms with Gasteiger partial charge in [0.25, 0.3) is 5.91 Å². The van der Waals surface area contributed by atoms with Crippen molar-refractivity contribution in [1.29, 1.82) is 0 Å². The van der Waals surface area contributed by atoms with Crippen LogP contribution in [0.15, 0.2) is 65.8 Å². The Morgan fingerprint density at radius 2 is 1.69 bits per heavy atom. The molecule has 7 heteroatoms. The van der Waals surface area contributed by atoms with E-state index in [0.717, 1.165) is 16.7 Å². The minimum Gasteiger partial charge on any atom is -0.493 e. The molecular formula is C25H25ClN2O4. The summed E-state index contributed by atoms with van der Waals surface area (Å²) >= 11 is 6.22. The second-order valence-electron chi connectivity index (χ2n) is 7.06. The van der Waals surface area contributed by atoms with Crippen molar-refractivity contribution in [2.24, 2.45) is 5.10 Å². The number of halogens is 1. The van der Waals surface area contributed by atoms with Gasteiger partial charge in [-0.1, -0.05) is 54.1 Å². The van der Waals surface area contributed by atoms with Gasteiger partial charge in [0, 0.05) is 16.1 Å². The summed E-state index contributed by atoms with van der Waals surface area (Å²) in [7, 11) is 1.56. The fraction of sp³-hybridized carbons (Fsp3) is 0.200. The van der Waals surface area contributed by atoms with E-state index in [0.29, 0.717) is 27.8 Å². The summed E-state index contributed by atoms with van der Waals surface area (Å²) in [6.45, 7) is 3.99. The van der Waals surface area contributed by atoms with Gasteiger partial charge in [-0.15, -0.1) is 0 Å². The zero-order valence-electron chi connectivity index (χ0n) is 18.2. The van der Waals surface area contributed by atoms with Crippen molar-refractivity contribution < 1.29 is 19.0 Å². The number of nitrogens with zero attached hydrogens (tertiary/aromatic N) is 1. The molecule has 1 amide bonds. The standard InChI is InChI=1S/C25H25ClN2O4/c1-17-8-6-9-18(2)24(17)32-16-23(29)28-27-14-19-11-7-13-22(30-3)25(19)31-15-20-10-4-5-12-21(20)26/h4-14H,15-16H2,1-3H3,(H,28,29)/b27-14-. The lowest BCUT2D eigenvalue weighted by Crippen LogP contribution is -2.25. The lowest BCUT2D eigenvalue weighted by atomic mass is 10.1. The molecule has 166 valence electrons. The van der Waals surface area contributed by atoms with Gasteiger partial charge in [0.05, 0.1) is 13.3 Å². The topological polar surface area (TPSA) is 69.2 Å². The van der Waals surface area contributed by atoms with Crippen LogP contribution in [-0.2, 0) is 11.4 Å². The molecule has 0 saturated heterocycles. The first-order chi connectivity index (χ1) is 15.5. The maximum absolute atomic E-state index is 12.2. The zero-order chi connectivity index (χ0) is 22.9. The number of para-hydroxylation sites is 2. The first-order valence-electron chi connectivity index (χ1n) is 10.0. The van der Waals surface area contributed by atoms with E-state index in [1.54, 1.807) is 19.2 Å². The number of rotatable bonds is 9. The summed E-state index contributed by atoms with van der Waals surface area (Å²) in [5, 5.41) is 4.66. The monoisotopic (exact) mass is 452 g/mol. The number of carbonyl (C=O) groups excluding carboxylic acids is 1. The van der Waals surface area contributed by atoms with Crippen LogP contribution in [0, 0.1) is 13.8 Å². The molecular weight excluding hydrogens is 428 g/mol. The van der Waals surface area contributed by atoms with Gasteiger partial charge < -0.3 is 14.2 Å². The van der Waals surface area contributed by atoms with Crippen LogP contribution < -0.4 is 19.6 Å². The number of methoxy groups -OCH3 is 1. The average molecular weight is 453 g/mol. The number of hydrazone groups is 1. The number of ether oxygens (including phenoxy) is 3. The number of nitrogens with one attached hydrogen (secondary N) is 1. The summed E-state index contributed by atoms with van der Waals surface area (Å²) in [6.07, 6.45) is 1.50. The quantitative estimate of drug-likeness (QED) is 0.363. The van der Waals surface area contributed by atoms with Crippen LogP contribution in [0.4, 0.5) is 0 Å². The molecule has 0 aliphatic rings. The first kappa shape index (κ1) is 23.2.